The molecule has 0 aliphatic heterocycles. The molecule has 0 atom stereocenters. The van der Waals surface area contributed by atoms with Crippen LogP contribution in [0.15, 0.2) is 18.3 Å². The molecule has 0 N–H and O–H groups in total. The van der Waals surface area contributed by atoms with Gasteiger partial charge in [0.1, 0.15) is 0 Å². The summed E-state index contributed by atoms with van der Waals surface area (Å²) in [5.41, 5.74) is 0.889. The van der Waals surface area contributed by atoms with Crippen LogP contribution in [0.25, 0.3) is 0 Å². The lowest BCUT2D eigenvalue weighted by Gasteiger charge is -2.56. The normalized spacial score (nSPS) is 28.2. The fraction of sp³-hybridized carbons (Fsp3) is 0.769. The number of ether oxygens (including phenoxy) is 1. The standard InChI is InChI=1S/C26H41N3O3/c1-4-5-9-28(18-23-7-6-8-27(23)2)24(30)19-29(10-11-32-3)25(31)26-15-20-12-21(16-26)14-22(13-20)17-26/h6-8,20-22H,4-5,9-19H2,1-3H3. The van der Waals surface area contributed by atoms with Gasteiger partial charge in [-0.3, -0.25) is 9.59 Å². The Morgan fingerprint density at radius 3 is 2.28 bits per heavy atom. The molecule has 32 heavy (non-hydrogen) atoms. The Hall–Kier alpha value is -1.82. The van der Waals surface area contributed by atoms with Gasteiger partial charge < -0.3 is 19.1 Å². The number of methoxy groups -OCH3 is 1. The summed E-state index contributed by atoms with van der Waals surface area (Å²) in [6, 6.07) is 4.08. The third-order valence-electron chi connectivity index (χ3n) is 8.21. The number of nitrogens with zero attached hydrogens (tertiary/aromatic N) is 3. The first kappa shape index (κ1) is 23.3. The quantitative estimate of drug-likeness (QED) is 0.522. The number of hydrogen-bond donors (Lipinski definition) is 0. The van der Waals surface area contributed by atoms with E-state index in [-0.39, 0.29) is 23.8 Å². The van der Waals surface area contributed by atoms with Crippen molar-refractivity contribution in [3.05, 3.63) is 24.0 Å². The van der Waals surface area contributed by atoms with Gasteiger partial charge in [-0.05, 0) is 74.8 Å². The van der Waals surface area contributed by atoms with Crippen LogP contribution in [0.5, 0.6) is 0 Å². The molecule has 0 spiro atoms. The number of carbonyl (C=O) groups is 2. The fourth-order valence-corrected chi connectivity index (χ4v) is 6.92. The summed E-state index contributed by atoms with van der Waals surface area (Å²) < 4.78 is 7.39. The number of carbonyl (C=O) groups excluding carboxylic acids is 2. The largest absolute Gasteiger partial charge is 0.383 e. The van der Waals surface area contributed by atoms with Crippen LogP contribution in [0.1, 0.15) is 64.0 Å². The molecule has 4 bridgehead atoms. The SMILES string of the molecule is CCCCN(Cc1cccn1C)C(=O)CN(CCOC)C(=O)C12CC3CC(CC(C3)C1)C2. The third-order valence-corrected chi connectivity index (χ3v) is 8.21. The van der Waals surface area contributed by atoms with Crippen molar-refractivity contribution in [2.24, 2.45) is 30.2 Å². The van der Waals surface area contributed by atoms with Gasteiger partial charge in [0, 0.05) is 39.1 Å². The summed E-state index contributed by atoms with van der Waals surface area (Å²) in [7, 11) is 3.68. The molecule has 4 fully saturated rings. The molecule has 1 aromatic rings. The van der Waals surface area contributed by atoms with E-state index in [4.69, 9.17) is 4.74 Å². The average molecular weight is 444 g/mol. The van der Waals surface area contributed by atoms with Gasteiger partial charge in [-0.15, -0.1) is 0 Å². The molecule has 0 saturated heterocycles. The van der Waals surface area contributed by atoms with Gasteiger partial charge in [0.2, 0.25) is 11.8 Å². The summed E-state index contributed by atoms with van der Waals surface area (Å²) in [4.78, 5) is 31.2. The minimum absolute atomic E-state index is 0.0498. The minimum atomic E-state index is -0.227. The zero-order valence-corrected chi connectivity index (χ0v) is 20.2. The second-order valence-corrected chi connectivity index (χ2v) is 10.7. The second kappa shape index (κ2) is 9.98. The molecule has 0 unspecified atom stereocenters. The van der Waals surface area contributed by atoms with E-state index in [0.29, 0.717) is 37.5 Å². The van der Waals surface area contributed by atoms with Crippen molar-refractivity contribution in [1.82, 2.24) is 14.4 Å². The number of unbranched alkanes of at least 4 members (excludes halogenated alkanes) is 1. The van der Waals surface area contributed by atoms with Crippen molar-refractivity contribution in [3.63, 3.8) is 0 Å². The fourth-order valence-electron chi connectivity index (χ4n) is 6.92. The summed E-state index contributed by atoms with van der Waals surface area (Å²) in [5.74, 6) is 2.40. The van der Waals surface area contributed by atoms with E-state index in [1.165, 1.54) is 19.3 Å². The summed E-state index contributed by atoms with van der Waals surface area (Å²) in [6.07, 6.45) is 11.0. The molecule has 4 saturated carbocycles. The highest BCUT2D eigenvalue weighted by molar-refractivity contribution is 5.88. The molecule has 6 nitrogen and oxygen atoms in total. The minimum Gasteiger partial charge on any atom is -0.383 e. The van der Waals surface area contributed by atoms with Crippen LogP contribution in [0.3, 0.4) is 0 Å². The van der Waals surface area contributed by atoms with E-state index >= 15 is 0 Å². The Morgan fingerprint density at radius 1 is 1.09 bits per heavy atom. The highest BCUT2D eigenvalue weighted by Gasteiger charge is 2.55. The Balaban J connectivity index is 1.48. The van der Waals surface area contributed by atoms with Crippen LogP contribution in [0.4, 0.5) is 0 Å². The topological polar surface area (TPSA) is 54.8 Å². The molecular formula is C26H41N3O3. The van der Waals surface area contributed by atoms with Crippen LogP contribution in [0, 0.1) is 23.2 Å². The first-order chi connectivity index (χ1) is 15.4. The molecule has 4 aliphatic carbocycles. The smallest absolute Gasteiger partial charge is 0.242 e. The highest BCUT2D eigenvalue weighted by atomic mass is 16.5. The molecule has 1 aromatic heterocycles. The Morgan fingerprint density at radius 2 is 1.75 bits per heavy atom. The summed E-state index contributed by atoms with van der Waals surface area (Å²) >= 11 is 0. The number of hydrogen-bond acceptors (Lipinski definition) is 3. The molecule has 0 radical (unpaired) electrons. The Kier molecular flexibility index (Phi) is 7.28. The molecule has 2 amide bonds. The second-order valence-electron chi connectivity index (χ2n) is 10.7. The van der Waals surface area contributed by atoms with Crippen molar-refractivity contribution >= 4 is 11.8 Å². The predicted octanol–water partition coefficient (Wildman–Crippen LogP) is 3.85. The average Bonchev–Trinajstić information content (AvgIpc) is 3.16. The van der Waals surface area contributed by atoms with Crippen molar-refractivity contribution in [2.45, 2.75) is 64.8 Å². The van der Waals surface area contributed by atoms with Crippen LogP contribution in [-0.2, 0) is 27.9 Å². The predicted molar refractivity (Wildman–Crippen MR) is 125 cm³/mol. The molecular weight excluding hydrogens is 402 g/mol. The first-order valence-corrected chi connectivity index (χ1v) is 12.6. The van der Waals surface area contributed by atoms with E-state index in [9.17, 15) is 9.59 Å². The number of amides is 2. The van der Waals surface area contributed by atoms with E-state index in [0.717, 1.165) is 44.3 Å². The van der Waals surface area contributed by atoms with Gasteiger partial charge >= 0.3 is 0 Å². The van der Waals surface area contributed by atoms with Crippen molar-refractivity contribution in [2.75, 3.05) is 33.4 Å². The summed E-state index contributed by atoms with van der Waals surface area (Å²) in [5, 5.41) is 0. The first-order valence-electron chi connectivity index (χ1n) is 12.6. The van der Waals surface area contributed by atoms with E-state index in [1.807, 2.05) is 29.1 Å². The van der Waals surface area contributed by atoms with Gasteiger partial charge in [0.15, 0.2) is 0 Å². The lowest BCUT2D eigenvalue weighted by Crippen LogP contribution is -2.56. The van der Waals surface area contributed by atoms with Crippen LogP contribution < -0.4 is 0 Å². The van der Waals surface area contributed by atoms with Crippen molar-refractivity contribution in [1.29, 1.82) is 0 Å². The van der Waals surface area contributed by atoms with Crippen LogP contribution in [-0.4, -0.2) is 59.5 Å². The zero-order chi connectivity index (χ0) is 22.7. The van der Waals surface area contributed by atoms with E-state index in [2.05, 4.69) is 17.6 Å². The lowest BCUT2D eigenvalue weighted by atomic mass is 9.49. The van der Waals surface area contributed by atoms with Gasteiger partial charge in [0.25, 0.3) is 0 Å². The molecule has 178 valence electrons. The van der Waals surface area contributed by atoms with E-state index in [1.54, 1.807) is 7.11 Å². The van der Waals surface area contributed by atoms with Gasteiger partial charge in [-0.2, -0.15) is 0 Å². The molecule has 4 aliphatic rings. The maximum atomic E-state index is 13.9. The molecule has 0 aromatic carbocycles. The van der Waals surface area contributed by atoms with Gasteiger partial charge in [0.05, 0.1) is 25.1 Å². The molecule has 1 heterocycles. The van der Waals surface area contributed by atoms with Crippen LogP contribution in [0.2, 0.25) is 0 Å². The molecule has 6 heteroatoms. The van der Waals surface area contributed by atoms with Gasteiger partial charge in [-0.25, -0.2) is 0 Å². The Labute approximate surface area is 193 Å². The maximum Gasteiger partial charge on any atom is 0.242 e. The number of aryl methyl sites for hydroxylation is 1. The summed E-state index contributed by atoms with van der Waals surface area (Å²) in [6.45, 7) is 4.59. The van der Waals surface area contributed by atoms with Crippen molar-refractivity contribution in [3.8, 4) is 0 Å². The maximum absolute atomic E-state index is 13.9. The van der Waals surface area contributed by atoms with Gasteiger partial charge in [-0.1, -0.05) is 13.3 Å². The van der Waals surface area contributed by atoms with Crippen LogP contribution >= 0.6 is 0 Å². The monoisotopic (exact) mass is 443 g/mol. The number of aromatic nitrogens is 1. The zero-order valence-electron chi connectivity index (χ0n) is 20.2. The third kappa shape index (κ3) is 4.90. The van der Waals surface area contributed by atoms with E-state index < -0.39 is 0 Å². The van der Waals surface area contributed by atoms with Crippen molar-refractivity contribution < 1.29 is 14.3 Å². The Bertz CT molecular complexity index is 767. The molecule has 5 rings (SSSR count). The number of rotatable bonds is 11. The highest BCUT2D eigenvalue weighted by Crippen LogP contribution is 2.60. The lowest BCUT2D eigenvalue weighted by molar-refractivity contribution is -0.161.